The van der Waals surface area contributed by atoms with Crippen LogP contribution in [-0.2, 0) is 6.42 Å². The predicted molar refractivity (Wildman–Crippen MR) is 43.6 cm³/mol. The number of phenolic OH excluding ortho intramolecular Hbond substituents is 1. The molecule has 0 aromatic heterocycles. The molecule has 0 radical (unpaired) electrons. The van der Waals surface area contributed by atoms with Crippen LogP contribution in [0.2, 0.25) is 0 Å². The lowest BCUT2D eigenvalue weighted by Crippen LogP contribution is -1.94. The Labute approximate surface area is 70.3 Å². The van der Waals surface area contributed by atoms with Crippen molar-refractivity contribution in [2.45, 2.75) is 13.3 Å². The Morgan fingerprint density at radius 2 is 2.08 bits per heavy atom. The van der Waals surface area contributed by atoms with Crippen molar-refractivity contribution in [3.8, 4) is 5.75 Å². The highest BCUT2D eigenvalue weighted by molar-refractivity contribution is 5.37. The summed E-state index contributed by atoms with van der Waals surface area (Å²) >= 11 is 0. The number of aryl methyl sites for hydroxylation is 1. The molecule has 2 nitrogen and oxygen atoms in total. The Morgan fingerprint density at radius 3 is 2.67 bits per heavy atom. The van der Waals surface area contributed by atoms with Gasteiger partial charge < -0.3 is 10.2 Å². The van der Waals surface area contributed by atoms with Crippen LogP contribution in [0.25, 0.3) is 0 Å². The summed E-state index contributed by atoms with van der Waals surface area (Å²) in [7, 11) is 0. The molecule has 0 heterocycles. The second-order valence-electron chi connectivity index (χ2n) is 2.68. The highest BCUT2D eigenvalue weighted by Crippen LogP contribution is 2.23. The summed E-state index contributed by atoms with van der Waals surface area (Å²) in [5.74, 6) is -0.940. The third kappa shape index (κ3) is 1.56. The number of aliphatic hydroxyl groups is 1. The molecule has 0 saturated carbocycles. The zero-order valence-electron chi connectivity index (χ0n) is 6.84. The minimum atomic E-state index is -0.596. The molecule has 1 aromatic rings. The fraction of sp³-hybridized carbons (Fsp3) is 0.333. The molecule has 3 heteroatoms. The van der Waals surface area contributed by atoms with Crippen LogP contribution in [0.3, 0.4) is 0 Å². The van der Waals surface area contributed by atoms with Crippen LogP contribution in [0, 0.1) is 12.7 Å². The fourth-order valence-corrected chi connectivity index (χ4v) is 1.03. The Kier molecular flexibility index (Phi) is 2.65. The monoisotopic (exact) mass is 170 g/mol. The SMILES string of the molecule is Cc1ccc(CCO)c(O)c1F. The maximum absolute atomic E-state index is 13.0. The summed E-state index contributed by atoms with van der Waals surface area (Å²) in [4.78, 5) is 0. The minimum Gasteiger partial charge on any atom is -0.505 e. The van der Waals surface area contributed by atoms with Gasteiger partial charge in [0.05, 0.1) is 0 Å². The number of benzene rings is 1. The highest BCUT2D eigenvalue weighted by atomic mass is 19.1. The summed E-state index contributed by atoms with van der Waals surface area (Å²) in [6.07, 6.45) is 0.281. The van der Waals surface area contributed by atoms with Gasteiger partial charge in [-0.1, -0.05) is 12.1 Å². The van der Waals surface area contributed by atoms with Crippen molar-refractivity contribution in [1.82, 2.24) is 0 Å². The molecular formula is C9H11FO2. The van der Waals surface area contributed by atoms with E-state index in [2.05, 4.69) is 0 Å². The second kappa shape index (κ2) is 3.54. The van der Waals surface area contributed by atoms with Crippen LogP contribution in [0.1, 0.15) is 11.1 Å². The summed E-state index contributed by atoms with van der Waals surface area (Å²) in [6.45, 7) is 1.49. The smallest absolute Gasteiger partial charge is 0.167 e. The van der Waals surface area contributed by atoms with Crippen LogP contribution in [0.5, 0.6) is 5.75 Å². The molecule has 0 atom stereocenters. The molecule has 0 bridgehead atoms. The van der Waals surface area contributed by atoms with E-state index in [-0.39, 0.29) is 18.8 Å². The molecular weight excluding hydrogens is 159 g/mol. The van der Waals surface area contributed by atoms with E-state index >= 15 is 0 Å². The number of aliphatic hydroxyl groups excluding tert-OH is 1. The van der Waals surface area contributed by atoms with Gasteiger partial charge in [-0.2, -0.15) is 0 Å². The van der Waals surface area contributed by atoms with E-state index in [9.17, 15) is 9.50 Å². The molecule has 0 unspecified atom stereocenters. The first-order chi connectivity index (χ1) is 5.66. The lowest BCUT2D eigenvalue weighted by molar-refractivity contribution is 0.296. The Bertz CT molecular complexity index is 284. The van der Waals surface area contributed by atoms with Crippen LogP contribution < -0.4 is 0 Å². The van der Waals surface area contributed by atoms with E-state index < -0.39 is 5.82 Å². The van der Waals surface area contributed by atoms with Crippen LogP contribution in [0.4, 0.5) is 4.39 Å². The van der Waals surface area contributed by atoms with E-state index in [4.69, 9.17) is 5.11 Å². The van der Waals surface area contributed by atoms with Gasteiger partial charge in [-0.3, -0.25) is 0 Å². The van der Waals surface area contributed by atoms with E-state index in [1.54, 1.807) is 19.1 Å². The number of hydrogen-bond acceptors (Lipinski definition) is 2. The molecule has 2 N–H and O–H groups in total. The maximum Gasteiger partial charge on any atom is 0.167 e. The van der Waals surface area contributed by atoms with E-state index in [0.717, 1.165) is 0 Å². The number of phenols is 1. The molecule has 0 amide bonds. The normalized spacial score (nSPS) is 10.2. The van der Waals surface area contributed by atoms with Gasteiger partial charge in [0, 0.05) is 6.61 Å². The first-order valence-electron chi connectivity index (χ1n) is 3.74. The average Bonchev–Trinajstić information content (AvgIpc) is 2.07. The summed E-state index contributed by atoms with van der Waals surface area (Å²) in [6, 6.07) is 3.20. The zero-order chi connectivity index (χ0) is 9.14. The van der Waals surface area contributed by atoms with Crippen molar-refractivity contribution in [2.75, 3.05) is 6.61 Å². The second-order valence-corrected chi connectivity index (χ2v) is 2.68. The lowest BCUT2D eigenvalue weighted by Gasteiger charge is -2.04. The van der Waals surface area contributed by atoms with Gasteiger partial charge in [0.15, 0.2) is 11.6 Å². The van der Waals surface area contributed by atoms with E-state index in [0.29, 0.717) is 11.1 Å². The quantitative estimate of drug-likeness (QED) is 0.703. The summed E-state index contributed by atoms with van der Waals surface area (Å²) in [5, 5.41) is 17.8. The van der Waals surface area contributed by atoms with Crippen molar-refractivity contribution in [2.24, 2.45) is 0 Å². The number of rotatable bonds is 2. The number of aromatic hydroxyl groups is 1. The largest absolute Gasteiger partial charge is 0.505 e. The average molecular weight is 170 g/mol. The van der Waals surface area contributed by atoms with Gasteiger partial charge in [0.2, 0.25) is 0 Å². The molecule has 1 rings (SSSR count). The van der Waals surface area contributed by atoms with Crippen molar-refractivity contribution in [3.63, 3.8) is 0 Å². The fourth-order valence-electron chi connectivity index (χ4n) is 1.03. The van der Waals surface area contributed by atoms with Crippen LogP contribution in [-0.4, -0.2) is 16.8 Å². The Morgan fingerprint density at radius 1 is 1.42 bits per heavy atom. The Hall–Kier alpha value is -1.09. The van der Waals surface area contributed by atoms with E-state index in [1.165, 1.54) is 0 Å². The van der Waals surface area contributed by atoms with Gasteiger partial charge in [-0.25, -0.2) is 4.39 Å². The third-order valence-electron chi connectivity index (χ3n) is 1.77. The van der Waals surface area contributed by atoms with Gasteiger partial charge in [0.1, 0.15) is 0 Å². The Balaban J connectivity index is 3.08. The number of halogens is 1. The maximum atomic E-state index is 13.0. The highest BCUT2D eigenvalue weighted by Gasteiger charge is 2.08. The van der Waals surface area contributed by atoms with Crippen molar-refractivity contribution < 1.29 is 14.6 Å². The minimum absolute atomic E-state index is 0.0872. The van der Waals surface area contributed by atoms with Crippen LogP contribution >= 0.6 is 0 Å². The lowest BCUT2D eigenvalue weighted by atomic mass is 10.1. The van der Waals surface area contributed by atoms with Crippen LogP contribution in [0.15, 0.2) is 12.1 Å². The molecule has 0 saturated heterocycles. The van der Waals surface area contributed by atoms with Crippen molar-refractivity contribution in [1.29, 1.82) is 0 Å². The number of hydrogen-bond donors (Lipinski definition) is 2. The summed E-state index contributed by atoms with van der Waals surface area (Å²) < 4.78 is 13.0. The van der Waals surface area contributed by atoms with Gasteiger partial charge in [0.25, 0.3) is 0 Å². The predicted octanol–water partition coefficient (Wildman–Crippen LogP) is 1.37. The zero-order valence-corrected chi connectivity index (χ0v) is 6.84. The first-order valence-corrected chi connectivity index (χ1v) is 3.74. The van der Waals surface area contributed by atoms with Gasteiger partial charge in [-0.15, -0.1) is 0 Å². The van der Waals surface area contributed by atoms with Crippen molar-refractivity contribution in [3.05, 3.63) is 29.1 Å². The molecule has 0 aliphatic rings. The van der Waals surface area contributed by atoms with Crippen molar-refractivity contribution >= 4 is 0 Å². The van der Waals surface area contributed by atoms with E-state index in [1.807, 2.05) is 0 Å². The molecule has 0 aliphatic carbocycles. The topological polar surface area (TPSA) is 40.5 Å². The third-order valence-corrected chi connectivity index (χ3v) is 1.77. The standard InChI is InChI=1S/C9H11FO2/c1-6-2-3-7(4-5-11)9(12)8(6)10/h2-3,11-12H,4-5H2,1H3. The van der Waals surface area contributed by atoms with Gasteiger partial charge in [-0.05, 0) is 24.5 Å². The summed E-state index contributed by atoms with van der Waals surface area (Å²) in [5.41, 5.74) is 0.856. The molecule has 12 heavy (non-hydrogen) atoms. The molecule has 0 spiro atoms. The first kappa shape index (κ1) is 9.00. The molecule has 0 aliphatic heterocycles. The molecule has 66 valence electrons. The van der Waals surface area contributed by atoms with Gasteiger partial charge >= 0.3 is 0 Å². The molecule has 1 aromatic carbocycles. The molecule has 0 fully saturated rings.